The van der Waals surface area contributed by atoms with Crippen molar-refractivity contribution in [1.82, 2.24) is 0 Å². The Morgan fingerprint density at radius 3 is 0.935 bits per heavy atom. The zero-order chi connectivity index (χ0) is 34.7. The second-order valence-electron chi connectivity index (χ2n) is 11.2. The first-order valence-electron chi connectivity index (χ1n) is 17.1. The summed E-state index contributed by atoms with van der Waals surface area (Å²) < 4.78 is 47.9. The van der Waals surface area contributed by atoms with Gasteiger partial charge >= 0.3 is 286 Å². The van der Waals surface area contributed by atoms with Gasteiger partial charge in [-0.15, -0.1) is 0 Å². The van der Waals surface area contributed by atoms with E-state index in [1.165, 1.54) is 0 Å². The third kappa shape index (κ3) is 21.8. The van der Waals surface area contributed by atoms with Crippen LogP contribution in [-0.2, 0) is 57.0 Å². The molecule has 0 fully saturated rings. The minimum absolute atomic E-state index is 0.271. The fourth-order valence-corrected chi connectivity index (χ4v) is 13.6. The fourth-order valence-electron chi connectivity index (χ4n) is 4.30. The van der Waals surface area contributed by atoms with Gasteiger partial charge in [-0.2, -0.15) is 0 Å². The van der Waals surface area contributed by atoms with Crippen LogP contribution >= 0.6 is 0 Å². The van der Waals surface area contributed by atoms with Crippen molar-refractivity contribution in [3.8, 4) is 0 Å². The molecule has 271 valence electrons. The van der Waals surface area contributed by atoms with E-state index < -0.39 is 68.3 Å². The van der Waals surface area contributed by atoms with Gasteiger partial charge in [0.2, 0.25) is 0 Å². The van der Waals surface area contributed by atoms with Crippen molar-refractivity contribution in [2.24, 2.45) is 0 Å². The molecule has 0 aromatic heterocycles. The minimum atomic E-state index is -3.44. The van der Waals surface area contributed by atoms with Crippen molar-refractivity contribution < 1.29 is 57.0 Å². The molecule has 0 spiro atoms. The van der Waals surface area contributed by atoms with Crippen LogP contribution in [0.3, 0.4) is 0 Å². The third-order valence-corrected chi connectivity index (χ3v) is 17.7. The van der Waals surface area contributed by atoms with Gasteiger partial charge in [0, 0.05) is 0 Å². The Morgan fingerprint density at radius 1 is 0.435 bits per heavy atom. The topological polar surface area (TPSA) is 134 Å². The first-order valence-corrected chi connectivity index (χ1v) is 22.0. The first kappa shape index (κ1) is 45.0. The average molecular weight is 771 g/mol. The van der Waals surface area contributed by atoms with Crippen LogP contribution < -0.4 is 0 Å². The fraction of sp³-hybridized carbons (Fsp3) is 0.909. The summed E-state index contributed by atoms with van der Waals surface area (Å²) in [6.07, 6.45) is 3.56. The van der Waals surface area contributed by atoms with Gasteiger partial charge in [-0.1, -0.05) is 0 Å². The van der Waals surface area contributed by atoms with E-state index in [0.717, 1.165) is 38.5 Å². The molecular formula is C33H63O12Sn. The number of rotatable bonds is 30. The number of carbonyl (C=O) groups is 3. The Balaban J connectivity index is 5.35. The molecule has 0 saturated carbocycles. The van der Waals surface area contributed by atoms with Crippen LogP contribution in [0.5, 0.6) is 0 Å². The van der Waals surface area contributed by atoms with Crippen LogP contribution in [0.25, 0.3) is 0 Å². The molecule has 0 aromatic carbocycles. The monoisotopic (exact) mass is 771 g/mol. The summed E-state index contributed by atoms with van der Waals surface area (Å²) in [6.45, 7) is 20.2. The second kappa shape index (κ2) is 28.9. The summed E-state index contributed by atoms with van der Waals surface area (Å²) >= 11 is -3.44. The third-order valence-electron chi connectivity index (χ3n) is 7.07. The van der Waals surface area contributed by atoms with Gasteiger partial charge < -0.3 is 0 Å². The van der Waals surface area contributed by atoms with Crippen molar-refractivity contribution in [3.05, 3.63) is 0 Å². The predicted octanol–water partition coefficient (Wildman–Crippen LogP) is 5.82. The van der Waals surface area contributed by atoms with E-state index in [-0.39, 0.29) is 19.8 Å². The van der Waals surface area contributed by atoms with Crippen LogP contribution in [-0.4, -0.2) is 116 Å². The summed E-state index contributed by atoms with van der Waals surface area (Å²) in [5.41, 5.74) is 0. The average Bonchev–Trinajstić information content (AvgIpc) is 3.01. The van der Waals surface area contributed by atoms with Gasteiger partial charge in [0.25, 0.3) is 0 Å². The first-order chi connectivity index (χ1) is 22.0. The van der Waals surface area contributed by atoms with Gasteiger partial charge in [0.1, 0.15) is 0 Å². The number of esters is 3. The van der Waals surface area contributed by atoms with E-state index in [0.29, 0.717) is 39.6 Å². The van der Waals surface area contributed by atoms with E-state index in [1.807, 2.05) is 0 Å². The Labute approximate surface area is 284 Å². The van der Waals surface area contributed by atoms with Crippen LogP contribution in [0.4, 0.5) is 0 Å². The summed E-state index contributed by atoms with van der Waals surface area (Å²) in [5.74, 6) is -1.60. The van der Waals surface area contributed by atoms with Gasteiger partial charge in [-0.25, -0.2) is 0 Å². The molecule has 13 heteroatoms. The van der Waals surface area contributed by atoms with Gasteiger partial charge in [0.05, 0.1) is 0 Å². The molecule has 0 aliphatic rings. The quantitative estimate of drug-likeness (QED) is 0.0287. The Kier molecular flexibility index (Phi) is 28.3. The molecule has 0 aromatic rings. The normalized spacial score (nSPS) is 15.5. The Morgan fingerprint density at radius 2 is 0.696 bits per heavy atom. The molecule has 0 aliphatic carbocycles. The molecule has 0 amide bonds. The van der Waals surface area contributed by atoms with Crippen molar-refractivity contribution in [3.63, 3.8) is 0 Å². The maximum atomic E-state index is 13.3. The summed E-state index contributed by atoms with van der Waals surface area (Å²) in [4.78, 5) is 39.9. The van der Waals surface area contributed by atoms with Crippen molar-refractivity contribution >= 4 is 37.7 Å². The van der Waals surface area contributed by atoms with Crippen molar-refractivity contribution in [1.29, 1.82) is 0 Å². The molecule has 0 saturated heterocycles. The number of ether oxygens (including phenoxy) is 9. The Hall–Kier alpha value is -1.03. The number of hydrogen-bond acceptors (Lipinski definition) is 12. The van der Waals surface area contributed by atoms with E-state index in [4.69, 9.17) is 42.6 Å². The SMILES string of the molecule is CCCCOCCOC(C)OC(=O)[CH](C)[Sn]([CH](C)C(=O)OC(C)OCCOCCCC)[CH](C)C(=O)OC(C)OCCOCCCC. The Bertz CT molecular complexity index is 686. The molecule has 0 heterocycles. The number of hydrogen-bond donors (Lipinski definition) is 0. The molecular weight excluding hydrogens is 707 g/mol. The molecule has 1 radical (unpaired) electrons. The van der Waals surface area contributed by atoms with E-state index >= 15 is 0 Å². The summed E-state index contributed by atoms with van der Waals surface area (Å²) in [5, 5.41) is 0. The maximum absolute atomic E-state index is 13.3. The molecule has 0 bridgehead atoms. The van der Waals surface area contributed by atoms with Crippen LogP contribution in [0.1, 0.15) is 101 Å². The summed E-state index contributed by atoms with van der Waals surface area (Å²) in [7, 11) is 0. The molecule has 6 atom stereocenters. The van der Waals surface area contributed by atoms with Crippen LogP contribution in [0.2, 0.25) is 11.8 Å². The van der Waals surface area contributed by atoms with E-state index in [1.54, 1.807) is 41.5 Å². The second-order valence-corrected chi connectivity index (χ2v) is 21.5. The zero-order valence-corrected chi connectivity index (χ0v) is 32.8. The van der Waals surface area contributed by atoms with Crippen LogP contribution in [0, 0.1) is 0 Å². The van der Waals surface area contributed by atoms with Crippen LogP contribution in [0.15, 0.2) is 0 Å². The van der Waals surface area contributed by atoms with Gasteiger partial charge in [-0.05, 0) is 0 Å². The van der Waals surface area contributed by atoms with E-state index in [9.17, 15) is 14.4 Å². The molecule has 0 aliphatic heterocycles. The molecule has 12 nitrogen and oxygen atoms in total. The summed E-state index contributed by atoms with van der Waals surface area (Å²) in [6, 6.07) is 0. The molecule has 6 unspecified atom stereocenters. The molecule has 0 rings (SSSR count). The standard InChI is InChI=1S/3C11H21O4.Sn/c3*1-4-6-7-13-8-9-14-10(3)15-11(12)5-2;/h3*5,10H,4,6-9H2,1-3H3;. The molecule has 0 N–H and O–H groups in total. The number of carbonyl (C=O) groups excluding carboxylic acids is 3. The van der Waals surface area contributed by atoms with Crippen molar-refractivity contribution in [2.45, 2.75) is 132 Å². The predicted molar refractivity (Wildman–Crippen MR) is 176 cm³/mol. The van der Waals surface area contributed by atoms with Gasteiger partial charge in [0.15, 0.2) is 0 Å². The van der Waals surface area contributed by atoms with Gasteiger partial charge in [-0.3, -0.25) is 0 Å². The number of unbranched alkanes of at least 4 members (excludes halogenated alkanes) is 3. The zero-order valence-electron chi connectivity index (χ0n) is 30.0. The van der Waals surface area contributed by atoms with E-state index in [2.05, 4.69) is 20.8 Å². The molecule has 46 heavy (non-hydrogen) atoms. The van der Waals surface area contributed by atoms with Crippen molar-refractivity contribution in [2.75, 3.05) is 59.5 Å².